The quantitative estimate of drug-likeness (QED) is 0.329. The van der Waals surface area contributed by atoms with E-state index in [2.05, 4.69) is 34.7 Å². The van der Waals surface area contributed by atoms with E-state index in [1.165, 1.54) is 11.5 Å². The van der Waals surface area contributed by atoms with E-state index in [1.807, 2.05) is 30.3 Å². The van der Waals surface area contributed by atoms with Crippen LogP contribution in [0.2, 0.25) is 0 Å². The molecule has 1 nitrogen and oxygen atoms in total. The number of para-hydroxylation sites is 1. The van der Waals surface area contributed by atoms with Gasteiger partial charge in [-0.05, 0) is 35.7 Å². The zero-order valence-electron chi connectivity index (χ0n) is 11.8. The van der Waals surface area contributed by atoms with Crippen molar-refractivity contribution in [3.63, 3.8) is 0 Å². The number of benzene rings is 3. The summed E-state index contributed by atoms with van der Waals surface area (Å²) in [4.78, 5) is 0. The first-order valence-electron chi connectivity index (χ1n) is 7.33. The third kappa shape index (κ3) is 1.41. The molecule has 0 fully saturated rings. The van der Waals surface area contributed by atoms with Crippen molar-refractivity contribution in [2.75, 3.05) is 0 Å². The summed E-state index contributed by atoms with van der Waals surface area (Å²) < 4.78 is 16.0. The van der Waals surface area contributed by atoms with Crippen LogP contribution in [0.25, 0.3) is 38.1 Å². The molecule has 22 heavy (non-hydrogen) atoms. The molecule has 0 saturated carbocycles. The van der Waals surface area contributed by atoms with E-state index in [-0.39, 0.29) is 5.82 Å². The van der Waals surface area contributed by atoms with Gasteiger partial charge in [-0.2, -0.15) is 0 Å². The molecule has 5 rings (SSSR count). The molecule has 2 aromatic heterocycles. The van der Waals surface area contributed by atoms with Crippen LogP contribution in [0.5, 0.6) is 0 Å². The molecule has 0 spiro atoms. The summed E-state index contributed by atoms with van der Waals surface area (Å²) in [6.45, 7) is 0. The van der Waals surface area contributed by atoms with Crippen molar-refractivity contribution < 1.29 is 4.39 Å². The van der Waals surface area contributed by atoms with E-state index in [4.69, 9.17) is 0 Å². The highest BCUT2D eigenvalue weighted by molar-refractivity contribution is 6.15. The van der Waals surface area contributed by atoms with Crippen LogP contribution in [0.3, 0.4) is 0 Å². The maximum Gasteiger partial charge on any atom is 0.123 e. The van der Waals surface area contributed by atoms with Crippen molar-refractivity contribution in [2.24, 2.45) is 0 Å². The van der Waals surface area contributed by atoms with E-state index >= 15 is 0 Å². The van der Waals surface area contributed by atoms with Crippen molar-refractivity contribution >= 4 is 38.1 Å². The summed E-state index contributed by atoms with van der Waals surface area (Å²) in [6.07, 6.45) is 0. The fourth-order valence-corrected chi connectivity index (χ4v) is 3.47. The average Bonchev–Trinajstić information content (AvgIpc) is 2.95. The second kappa shape index (κ2) is 4.08. The Morgan fingerprint density at radius 1 is 0.591 bits per heavy atom. The average molecular weight is 285 g/mol. The third-order valence-electron chi connectivity index (χ3n) is 4.40. The molecule has 2 heterocycles. The standard InChI is InChI=1S/C20H12FN/c21-14-9-10-19-17(12-14)15-6-2-3-7-16(15)20-11-13-5-1-4-8-18(13)22(19)20/h1-12H. The summed E-state index contributed by atoms with van der Waals surface area (Å²) in [5.41, 5.74) is 3.35. The lowest BCUT2D eigenvalue weighted by atomic mass is 10.0. The predicted molar refractivity (Wildman–Crippen MR) is 89.9 cm³/mol. The van der Waals surface area contributed by atoms with Gasteiger partial charge in [0.15, 0.2) is 0 Å². The number of halogens is 1. The van der Waals surface area contributed by atoms with Gasteiger partial charge < -0.3 is 4.40 Å². The van der Waals surface area contributed by atoms with Crippen LogP contribution in [0.4, 0.5) is 4.39 Å². The molecular formula is C20H12FN. The number of nitrogens with zero attached hydrogens (tertiary/aromatic N) is 1. The van der Waals surface area contributed by atoms with Gasteiger partial charge in [-0.25, -0.2) is 4.39 Å². The van der Waals surface area contributed by atoms with Crippen molar-refractivity contribution in [1.82, 2.24) is 4.40 Å². The normalized spacial score (nSPS) is 11.9. The van der Waals surface area contributed by atoms with Crippen molar-refractivity contribution in [2.45, 2.75) is 0 Å². The SMILES string of the molecule is Fc1ccc2c(c1)c1ccccc1c1cc3ccccc3n21. The van der Waals surface area contributed by atoms with E-state index in [0.29, 0.717) is 0 Å². The predicted octanol–water partition coefficient (Wildman–Crippen LogP) is 5.54. The zero-order valence-corrected chi connectivity index (χ0v) is 11.8. The van der Waals surface area contributed by atoms with E-state index < -0.39 is 0 Å². The Balaban J connectivity index is 2.23. The maximum absolute atomic E-state index is 13.8. The monoisotopic (exact) mass is 285 g/mol. The minimum atomic E-state index is -0.200. The molecule has 0 N–H and O–H groups in total. The lowest BCUT2D eigenvalue weighted by molar-refractivity contribution is 0.629. The number of hydrogen-bond acceptors (Lipinski definition) is 0. The Morgan fingerprint density at radius 3 is 2.27 bits per heavy atom. The van der Waals surface area contributed by atoms with Gasteiger partial charge in [-0.3, -0.25) is 0 Å². The maximum atomic E-state index is 13.8. The van der Waals surface area contributed by atoms with Gasteiger partial charge in [0, 0.05) is 16.2 Å². The van der Waals surface area contributed by atoms with Crippen LogP contribution in [-0.4, -0.2) is 4.40 Å². The zero-order chi connectivity index (χ0) is 14.7. The highest BCUT2D eigenvalue weighted by atomic mass is 19.1. The molecular weight excluding hydrogens is 273 g/mol. The Hall–Kier alpha value is -2.87. The molecule has 0 unspecified atom stereocenters. The number of fused-ring (bicyclic) bond motifs is 8. The fourth-order valence-electron chi connectivity index (χ4n) is 3.47. The first kappa shape index (κ1) is 11.8. The van der Waals surface area contributed by atoms with Gasteiger partial charge >= 0.3 is 0 Å². The molecule has 0 aliphatic heterocycles. The van der Waals surface area contributed by atoms with Crippen molar-refractivity contribution in [3.05, 3.63) is 78.6 Å². The van der Waals surface area contributed by atoms with E-state index in [1.54, 1.807) is 6.07 Å². The second-order valence-corrected chi connectivity index (χ2v) is 5.63. The molecule has 0 aliphatic rings. The third-order valence-corrected chi connectivity index (χ3v) is 4.40. The molecule has 0 saturated heterocycles. The topological polar surface area (TPSA) is 4.41 Å². The smallest absolute Gasteiger partial charge is 0.123 e. The van der Waals surface area contributed by atoms with Gasteiger partial charge in [0.05, 0.1) is 16.6 Å². The highest BCUT2D eigenvalue weighted by Gasteiger charge is 2.11. The lowest BCUT2D eigenvalue weighted by Gasteiger charge is -2.10. The largest absolute Gasteiger partial charge is 0.309 e. The Kier molecular flexibility index (Phi) is 2.18. The molecule has 5 aromatic rings. The summed E-state index contributed by atoms with van der Waals surface area (Å²) in [5, 5.41) is 4.39. The van der Waals surface area contributed by atoms with Gasteiger partial charge in [0.25, 0.3) is 0 Å². The Morgan fingerprint density at radius 2 is 1.36 bits per heavy atom. The first-order valence-corrected chi connectivity index (χ1v) is 7.33. The Bertz CT molecular complexity index is 1180. The molecule has 0 radical (unpaired) electrons. The number of pyridine rings is 1. The summed E-state index contributed by atoms with van der Waals surface area (Å²) in [6, 6.07) is 23.8. The summed E-state index contributed by atoms with van der Waals surface area (Å²) in [5.74, 6) is -0.200. The van der Waals surface area contributed by atoms with Crippen molar-refractivity contribution in [3.8, 4) is 0 Å². The van der Waals surface area contributed by atoms with Crippen LogP contribution < -0.4 is 0 Å². The molecule has 0 amide bonds. The minimum Gasteiger partial charge on any atom is -0.309 e. The minimum absolute atomic E-state index is 0.200. The first-order chi connectivity index (χ1) is 10.8. The number of rotatable bonds is 0. The molecule has 2 heteroatoms. The van der Waals surface area contributed by atoms with Crippen LogP contribution in [0.15, 0.2) is 72.8 Å². The highest BCUT2D eigenvalue weighted by Crippen LogP contribution is 2.34. The number of hydrogen-bond donors (Lipinski definition) is 0. The van der Waals surface area contributed by atoms with E-state index in [9.17, 15) is 4.39 Å². The molecule has 0 bridgehead atoms. The molecule has 3 aromatic carbocycles. The second-order valence-electron chi connectivity index (χ2n) is 5.63. The molecule has 104 valence electrons. The Labute approximate surface area is 126 Å². The lowest BCUT2D eigenvalue weighted by Crippen LogP contribution is -1.91. The van der Waals surface area contributed by atoms with Crippen LogP contribution in [-0.2, 0) is 0 Å². The molecule has 0 atom stereocenters. The van der Waals surface area contributed by atoms with Gasteiger partial charge in [-0.15, -0.1) is 0 Å². The van der Waals surface area contributed by atoms with Gasteiger partial charge in [-0.1, -0.05) is 42.5 Å². The summed E-state index contributed by atoms with van der Waals surface area (Å²) >= 11 is 0. The van der Waals surface area contributed by atoms with E-state index in [0.717, 1.165) is 32.7 Å². The van der Waals surface area contributed by atoms with Crippen LogP contribution in [0, 0.1) is 5.82 Å². The van der Waals surface area contributed by atoms with Crippen LogP contribution >= 0.6 is 0 Å². The van der Waals surface area contributed by atoms with Crippen LogP contribution in [0.1, 0.15) is 0 Å². The van der Waals surface area contributed by atoms with Crippen molar-refractivity contribution in [1.29, 1.82) is 0 Å². The van der Waals surface area contributed by atoms with Gasteiger partial charge in [0.2, 0.25) is 0 Å². The fraction of sp³-hybridized carbons (Fsp3) is 0. The molecule has 0 aliphatic carbocycles. The number of aromatic nitrogens is 1. The van der Waals surface area contributed by atoms with Gasteiger partial charge in [0.1, 0.15) is 5.82 Å². The summed E-state index contributed by atoms with van der Waals surface area (Å²) in [7, 11) is 0.